The van der Waals surface area contributed by atoms with Crippen molar-refractivity contribution in [1.82, 2.24) is 5.32 Å². The quantitative estimate of drug-likeness (QED) is 0.252. The third-order valence-electron chi connectivity index (χ3n) is 2.74. The molecule has 0 saturated heterocycles. The Hall–Kier alpha value is -1.12. The summed E-state index contributed by atoms with van der Waals surface area (Å²) in [4.78, 5) is 11.7. The van der Waals surface area contributed by atoms with Gasteiger partial charge in [0.15, 0.2) is 0 Å². The molecule has 0 aliphatic heterocycles. The van der Waals surface area contributed by atoms with E-state index in [1.165, 1.54) is 0 Å². The zero-order chi connectivity index (χ0) is 16.5. The topological polar surface area (TPSA) is 96.9 Å². The van der Waals surface area contributed by atoms with Gasteiger partial charge in [-0.2, -0.15) is 0 Å². The first-order valence-electron chi connectivity index (χ1n) is 6.83. The van der Waals surface area contributed by atoms with Gasteiger partial charge in [0.2, 0.25) is 0 Å². The van der Waals surface area contributed by atoms with Gasteiger partial charge in [-0.1, -0.05) is 5.16 Å². The summed E-state index contributed by atoms with van der Waals surface area (Å²) in [6.07, 6.45) is 0.974. The Morgan fingerprint density at radius 2 is 2.05 bits per heavy atom. The summed E-state index contributed by atoms with van der Waals surface area (Å²) in [5.41, 5.74) is 6.30. The summed E-state index contributed by atoms with van der Waals surface area (Å²) >= 11 is 6.88. The van der Waals surface area contributed by atoms with Crippen molar-refractivity contribution in [2.75, 3.05) is 19.7 Å². The van der Waals surface area contributed by atoms with E-state index < -0.39 is 0 Å². The van der Waals surface area contributed by atoms with Crippen LogP contribution in [0.4, 0.5) is 0 Å². The molecule has 0 atom stereocenters. The van der Waals surface area contributed by atoms with Crippen molar-refractivity contribution in [3.8, 4) is 5.75 Å². The van der Waals surface area contributed by atoms with Crippen LogP contribution in [0.15, 0.2) is 26.2 Å². The predicted molar refractivity (Wildman–Crippen MR) is 92.6 cm³/mol. The fourth-order valence-corrected chi connectivity index (χ4v) is 3.24. The van der Waals surface area contributed by atoms with Crippen LogP contribution < -0.4 is 15.8 Å². The highest BCUT2D eigenvalue weighted by atomic mass is 79.9. The van der Waals surface area contributed by atoms with Gasteiger partial charge >= 0.3 is 0 Å². The number of nitrogens with one attached hydrogen (secondary N) is 1. The first kappa shape index (κ1) is 18.9. The van der Waals surface area contributed by atoms with E-state index in [0.29, 0.717) is 25.4 Å². The number of rotatable bonds is 8. The van der Waals surface area contributed by atoms with Gasteiger partial charge in [-0.25, -0.2) is 0 Å². The Balaban J connectivity index is 2.87. The molecule has 0 fully saturated rings. The van der Waals surface area contributed by atoms with Crippen molar-refractivity contribution in [3.63, 3.8) is 0 Å². The number of carbonyl (C=O) groups excluding carboxylic acids is 1. The molecule has 0 heterocycles. The average Bonchev–Trinajstić information content (AvgIpc) is 2.47. The number of carbonyl (C=O) groups is 1. The molecular formula is C14H19Br2N3O3. The summed E-state index contributed by atoms with van der Waals surface area (Å²) in [5, 5.41) is 14.7. The molecule has 1 amide bonds. The molecule has 1 rings (SSSR count). The molecule has 22 heavy (non-hydrogen) atoms. The van der Waals surface area contributed by atoms with Crippen LogP contribution in [0.2, 0.25) is 0 Å². The Kier molecular flexibility index (Phi) is 8.44. The molecular weight excluding hydrogens is 418 g/mol. The van der Waals surface area contributed by atoms with E-state index in [9.17, 15) is 4.79 Å². The lowest BCUT2D eigenvalue weighted by Crippen LogP contribution is -2.32. The van der Waals surface area contributed by atoms with Crippen LogP contribution in [0, 0.1) is 0 Å². The minimum Gasteiger partial charge on any atom is -0.491 e. The van der Waals surface area contributed by atoms with Crippen molar-refractivity contribution in [3.05, 3.63) is 26.6 Å². The van der Waals surface area contributed by atoms with Gasteiger partial charge in [0.05, 0.1) is 15.6 Å². The zero-order valence-corrected chi connectivity index (χ0v) is 15.4. The Morgan fingerprint density at radius 3 is 2.55 bits per heavy atom. The Bertz CT molecular complexity index is 527. The molecule has 0 aliphatic rings. The lowest BCUT2D eigenvalue weighted by molar-refractivity contribution is -0.114. The van der Waals surface area contributed by atoms with E-state index in [1.807, 2.05) is 12.1 Å². The number of benzene rings is 1. The van der Waals surface area contributed by atoms with Crippen molar-refractivity contribution < 1.29 is 14.7 Å². The molecule has 0 bridgehead atoms. The first-order chi connectivity index (χ1) is 10.5. The van der Waals surface area contributed by atoms with Crippen LogP contribution in [-0.4, -0.2) is 36.5 Å². The second-order valence-electron chi connectivity index (χ2n) is 4.46. The summed E-state index contributed by atoms with van der Waals surface area (Å²) in [6.45, 7) is 3.36. The average molecular weight is 437 g/mol. The monoisotopic (exact) mass is 435 g/mol. The SMILES string of the molecule is CCNC(=O)/C(Cc1cc(Br)c(OCCCN)c(Br)c1)=N\O. The first-order valence-corrected chi connectivity index (χ1v) is 8.42. The maximum Gasteiger partial charge on any atom is 0.269 e. The largest absolute Gasteiger partial charge is 0.491 e. The second kappa shape index (κ2) is 9.81. The normalized spacial score (nSPS) is 11.4. The molecule has 8 heteroatoms. The number of oxime groups is 1. The van der Waals surface area contributed by atoms with Crippen LogP contribution >= 0.6 is 31.9 Å². The fraction of sp³-hybridized carbons (Fsp3) is 0.429. The number of hydrogen-bond donors (Lipinski definition) is 3. The predicted octanol–water partition coefficient (Wildman–Crippen LogP) is 2.45. The molecule has 1 aromatic carbocycles. The summed E-state index contributed by atoms with van der Waals surface area (Å²) in [5.74, 6) is 0.290. The number of nitrogens with two attached hydrogens (primary N) is 1. The lowest BCUT2D eigenvalue weighted by atomic mass is 10.1. The molecule has 6 nitrogen and oxygen atoms in total. The van der Waals surface area contributed by atoms with E-state index in [4.69, 9.17) is 15.7 Å². The minimum absolute atomic E-state index is 0.0532. The molecule has 0 saturated carbocycles. The van der Waals surface area contributed by atoms with Gasteiger partial charge in [-0.05, 0) is 69.4 Å². The highest BCUT2D eigenvalue weighted by Gasteiger charge is 2.15. The standard InChI is InChI=1S/C14H19Br2N3O3/c1-2-18-14(20)12(19-21)8-9-6-10(15)13(11(16)7-9)22-5-3-4-17/h6-7,21H,2-5,8,17H2,1H3,(H,18,20)/b19-12-. The smallest absolute Gasteiger partial charge is 0.269 e. The van der Waals surface area contributed by atoms with Crippen LogP contribution in [0.25, 0.3) is 0 Å². The third kappa shape index (κ3) is 5.58. The van der Waals surface area contributed by atoms with Gasteiger partial charge in [0.1, 0.15) is 11.5 Å². The zero-order valence-electron chi connectivity index (χ0n) is 12.2. The lowest BCUT2D eigenvalue weighted by Gasteiger charge is -2.12. The maximum absolute atomic E-state index is 11.7. The summed E-state index contributed by atoms with van der Waals surface area (Å²) in [6, 6.07) is 3.65. The van der Waals surface area contributed by atoms with Gasteiger partial charge in [-0.15, -0.1) is 0 Å². The molecule has 4 N–H and O–H groups in total. The molecule has 122 valence electrons. The molecule has 0 aromatic heterocycles. The molecule has 0 aliphatic carbocycles. The van der Waals surface area contributed by atoms with Gasteiger partial charge in [0, 0.05) is 13.0 Å². The van der Waals surface area contributed by atoms with Crippen LogP contribution in [0.1, 0.15) is 18.9 Å². The molecule has 0 unspecified atom stereocenters. The van der Waals surface area contributed by atoms with Crippen molar-refractivity contribution in [1.29, 1.82) is 0 Å². The van der Waals surface area contributed by atoms with Gasteiger partial charge in [0.25, 0.3) is 5.91 Å². The highest BCUT2D eigenvalue weighted by molar-refractivity contribution is 9.11. The number of hydrogen-bond acceptors (Lipinski definition) is 5. The van der Waals surface area contributed by atoms with Crippen molar-refractivity contribution in [2.24, 2.45) is 10.9 Å². The molecule has 0 spiro atoms. The van der Waals surface area contributed by atoms with Gasteiger partial charge in [-0.3, -0.25) is 4.79 Å². The Labute approximate surface area is 146 Å². The number of halogens is 2. The summed E-state index contributed by atoms with van der Waals surface area (Å²) in [7, 11) is 0. The van der Waals surface area contributed by atoms with E-state index in [2.05, 4.69) is 42.3 Å². The minimum atomic E-state index is -0.388. The van der Waals surface area contributed by atoms with Crippen molar-refractivity contribution in [2.45, 2.75) is 19.8 Å². The third-order valence-corrected chi connectivity index (χ3v) is 3.92. The molecule has 1 aromatic rings. The van der Waals surface area contributed by atoms with E-state index >= 15 is 0 Å². The van der Waals surface area contributed by atoms with Crippen LogP contribution in [-0.2, 0) is 11.2 Å². The number of amides is 1. The molecule has 0 radical (unpaired) electrons. The number of ether oxygens (including phenoxy) is 1. The Morgan fingerprint density at radius 1 is 1.41 bits per heavy atom. The van der Waals surface area contributed by atoms with Gasteiger partial charge < -0.3 is 21.0 Å². The second-order valence-corrected chi connectivity index (χ2v) is 6.17. The fourth-order valence-electron chi connectivity index (χ4n) is 1.73. The summed E-state index contributed by atoms with van der Waals surface area (Å²) < 4.78 is 7.15. The van der Waals surface area contributed by atoms with E-state index in [0.717, 1.165) is 20.9 Å². The van der Waals surface area contributed by atoms with E-state index in [1.54, 1.807) is 6.92 Å². The highest BCUT2D eigenvalue weighted by Crippen LogP contribution is 2.35. The maximum atomic E-state index is 11.7. The van der Waals surface area contributed by atoms with Crippen molar-refractivity contribution >= 4 is 43.5 Å². The van der Waals surface area contributed by atoms with Crippen LogP contribution in [0.3, 0.4) is 0 Å². The number of nitrogens with zero attached hydrogens (tertiary/aromatic N) is 1. The van der Waals surface area contributed by atoms with Crippen LogP contribution in [0.5, 0.6) is 5.75 Å². The van der Waals surface area contributed by atoms with E-state index in [-0.39, 0.29) is 18.0 Å².